The van der Waals surface area contributed by atoms with Gasteiger partial charge in [-0.1, -0.05) is 6.08 Å². The van der Waals surface area contributed by atoms with Crippen molar-refractivity contribution < 1.29 is 9.53 Å². The van der Waals surface area contributed by atoms with Crippen LogP contribution in [0.15, 0.2) is 12.7 Å². The van der Waals surface area contributed by atoms with E-state index in [0.717, 1.165) is 0 Å². The van der Waals surface area contributed by atoms with Gasteiger partial charge in [-0.15, -0.1) is 6.58 Å². The third-order valence-corrected chi connectivity index (χ3v) is 0.816. The molecule has 0 saturated heterocycles. The Kier molecular flexibility index (Phi) is 3.51. The minimum Gasteiger partial charge on any atom is -0.446 e. The normalized spacial score (nSPS) is 12.1. The van der Waals surface area contributed by atoms with Gasteiger partial charge in [0.15, 0.2) is 0 Å². The molecule has 3 nitrogen and oxygen atoms in total. The second kappa shape index (κ2) is 3.95. The highest BCUT2D eigenvalue weighted by Gasteiger charge is 2.01. The molecular weight excluding hydrogens is 118 g/mol. The van der Waals surface area contributed by atoms with E-state index >= 15 is 0 Å². The summed E-state index contributed by atoms with van der Waals surface area (Å²) in [5.41, 5.74) is 4.73. The number of nitrogens with two attached hydrogens (primary N) is 1. The van der Waals surface area contributed by atoms with Crippen molar-refractivity contribution in [3.8, 4) is 0 Å². The van der Waals surface area contributed by atoms with Gasteiger partial charge in [0.25, 0.3) is 0 Å². The molecule has 1 unspecified atom stereocenters. The number of ether oxygens (including phenoxy) is 1. The molecule has 0 aliphatic carbocycles. The van der Waals surface area contributed by atoms with Gasteiger partial charge < -0.3 is 10.5 Å². The van der Waals surface area contributed by atoms with Crippen molar-refractivity contribution in [3.63, 3.8) is 0 Å². The largest absolute Gasteiger partial charge is 0.446 e. The summed E-state index contributed by atoms with van der Waals surface area (Å²) in [6, 6.07) is 0. The van der Waals surface area contributed by atoms with Crippen molar-refractivity contribution in [2.75, 3.05) is 0 Å². The standard InChI is InChI=1S/C6H11NO2/c1-3-4-5(2)9-6(7)8/h3,5H,1,4H2,2H3,(H2,7,8). The first-order chi connectivity index (χ1) is 4.16. The fourth-order valence-electron chi connectivity index (χ4n) is 0.481. The molecule has 0 aliphatic heterocycles. The highest BCUT2D eigenvalue weighted by Crippen LogP contribution is 1.95. The van der Waals surface area contributed by atoms with E-state index in [0.29, 0.717) is 6.42 Å². The molecule has 0 heterocycles. The molecule has 0 aromatic rings. The number of carbonyl (C=O) groups is 1. The van der Waals surface area contributed by atoms with E-state index in [2.05, 4.69) is 11.3 Å². The SMILES string of the molecule is C=CCC(C)OC(N)=O. The number of primary amides is 1. The maximum atomic E-state index is 10.1. The zero-order valence-electron chi connectivity index (χ0n) is 5.46. The molecule has 0 bridgehead atoms. The van der Waals surface area contributed by atoms with Gasteiger partial charge in [0.05, 0.1) is 0 Å². The highest BCUT2D eigenvalue weighted by atomic mass is 16.6. The molecule has 0 rings (SSSR count). The van der Waals surface area contributed by atoms with Crippen LogP contribution in [0.2, 0.25) is 0 Å². The fraction of sp³-hybridized carbons (Fsp3) is 0.500. The van der Waals surface area contributed by atoms with E-state index < -0.39 is 6.09 Å². The summed E-state index contributed by atoms with van der Waals surface area (Å²) in [7, 11) is 0. The second-order valence-electron chi connectivity index (χ2n) is 1.77. The Morgan fingerprint density at radius 2 is 2.56 bits per heavy atom. The molecule has 0 saturated carbocycles. The van der Waals surface area contributed by atoms with Crippen LogP contribution in [0.25, 0.3) is 0 Å². The maximum absolute atomic E-state index is 10.1. The van der Waals surface area contributed by atoms with Crippen LogP contribution >= 0.6 is 0 Å². The van der Waals surface area contributed by atoms with Crippen molar-refractivity contribution >= 4 is 6.09 Å². The molecule has 0 aliphatic rings. The van der Waals surface area contributed by atoms with Gasteiger partial charge in [-0.3, -0.25) is 0 Å². The Labute approximate surface area is 54.5 Å². The van der Waals surface area contributed by atoms with Gasteiger partial charge in [0, 0.05) is 6.42 Å². The van der Waals surface area contributed by atoms with Gasteiger partial charge in [-0.2, -0.15) is 0 Å². The summed E-state index contributed by atoms with van der Waals surface area (Å²) in [6.07, 6.45) is 1.43. The van der Waals surface area contributed by atoms with E-state index in [1.807, 2.05) is 0 Å². The quantitative estimate of drug-likeness (QED) is 0.579. The Bertz CT molecular complexity index is 112. The van der Waals surface area contributed by atoms with Crippen molar-refractivity contribution in [3.05, 3.63) is 12.7 Å². The van der Waals surface area contributed by atoms with E-state index in [-0.39, 0.29) is 6.10 Å². The van der Waals surface area contributed by atoms with Crippen LogP contribution in [0, 0.1) is 0 Å². The fourth-order valence-corrected chi connectivity index (χ4v) is 0.481. The van der Waals surface area contributed by atoms with Gasteiger partial charge in [0.1, 0.15) is 6.10 Å². The molecule has 1 atom stereocenters. The van der Waals surface area contributed by atoms with Crippen LogP contribution in [0.3, 0.4) is 0 Å². The number of hydrogen-bond acceptors (Lipinski definition) is 2. The molecule has 0 radical (unpaired) electrons. The Morgan fingerprint density at radius 1 is 2.00 bits per heavy atom. The third-order valence-electron chi connectivity index (χ3n) is 0.816. The lowest BCUT2D eigenvalue weighted by atomic mass is 10.3. The van der Waals surface area contributed by atoms with Gasteiger partial charge >= 0.3 is 6.09 Å². The van der Waals surface area contributed by atoms with Crippen molar-refractivity contribution in [1.29, 1.82) is 0 Å². The van der Waals surface area contributed by atoms with Crippen LogP contribution in [0.5, 0.6) is 0 Å². The van der Waals surface area contributed by atoms with Crippen LogP contribution in [-0.4, -0.2) is 12.2 Å². The summed E-state index contributed by atoms with van der Waals surface area (Å²) in [5.74, 6) is 0. The van der Waals surface area contributed by atoms with E-state index in [9.17, 15) is 4.79 Å². The third kappa shape index (κ3) is 4.87. The lowest BCUT2D eigenvalue weighted by molar-refractivity contribution is 0.117. The van der Waals surface area contributed by atoms with Crippen molar-refractivity contribution in [2.24, 2.45) is 5.73 Å². The molecular formula is C6H11NO2. The van der Waals surface area contributed by atoms with E-state index in [1.165, 1.54) is 0 Å². The lowest BCUT2D eigenvalue weighted by Crippen LogP contribution is -2.19. The maximum Gasteiger partial charge on any atom is 0.404 e. The summed E-state index contributed by atoms with van der Waals surface area (Å²) in [5, 5.41) is 0. The number of rotatable bonds is 3. The van der Waals surface area contributed by atoms with Crippen LogP contribution in [0.4, 0.5) is 4.79 Å². The van der Waals surface area contributed by atoms with Crippen LogP contribution in [-0.2, 0) is 4.74 Å². The lowest BCUT2D eigenvalue weighted by Gasteiger charge is -2.06. The van der Waals surface area contributed by atoms with E-state index in [1.54, 1.807) is 13.0 Å². The molecule has 0 fully saturated rings. The molecule has 9 heavy (non-hydrogen) atoms. The van der Waals surface area contributed by atoms with Crippen molar-refractivity contribution in [1.82, 2.24) is 0 Å². The van der Waals surface area contributed by atoms with Gasteiger partial charge in [-0.25, -0.2) is 4.79 Å². The monoisotopic (exact) mass is 129 g/mol. The summed E-state index contributed by atoms with van der Waals surface area (Å²) in [6.45, 7) is 5.23. The first-order valence-electron chi connectivity index (χ1n) is 2.73. The first-order valence-corrected chi connectivity index (χ1v) is 2.73. The molecule has 0 aromatic carbocycles. The average Bonchev–Trinajstić information content (AvgIpc) is 1.63. The molecule has 1 amide bonds. The predicted molar refractivity (Wildman–Crippen MR) is 34.9 cm³/mol. The zero-order chi connectivity index (χ0) is 7.28. The van der Waals surface area contributed by atoms with Crippen molar-refractivity contribution in [2.45, 2.75) is 19.4 Å². The van der Waals surface area contributed by atoms with Gasteiger partial charge in [0.2, 0.25) is 0 Å². The zero-order valence-corrected chi connectivity index (χ0v) is 5.46. The number of carbonyl (C=O) groups excluding carboxylic acids is 1. The molecule has 0 spiro atoms. The number of amides is 1. The highest BCUT2D eigenvalue weighted by molar-refractivity contribution is 5.64. The Morgan fingerprint density at radius 3 is 2.89 bits per heavy atom. The smallest absolute Gasteiger partial charge is 0.404 e. The van der Waals surface area contributed by atoms with Crippen LogP contribution < -0.4 is 5.73 Å². The Hall–Kier alpha value is -0.990. The molecule has 2 N–H and O–H groups in total. The average molecular weight is 129 g/mol. The second-order valence-corrected chi connectivity index (χ2v) is 1.77. The van der Waals surface area contributed by atoms with Crippen LogP contribution in [0.1, 0.15) is 13.3 Å². The first kappa shape index (κ1) is 8.01. The molecule has 3 heteroatoms. The summed E-state index contributed by atoms with van der Waals surface area (Å²) < 4.78 is 4.56. The Balaban J connectivity index is 3.37. The van der Waals surface area contributed by atoms with E-state index in [4.69, 9.17) is 5.73 Å². The van der Waals surface area contributed by atoms with Gasteiger partial charge in [-0.05, 0) is 6.92 Å². The molecule has 0 aromatic heterocycles. The number of hydrogen-bond donors (Lipinski definition) is 1. The predicted octanol–water partition coefficient (Wildman–Crippen LogP) is 1.05. The summed E-state index contributed by atoms with van der Waals surface area (Å²) >= 11 is 0. The minimum atomic E-state index is -0.732. The molecule has 52 valence electrons. The topological polar surface area (TPSA) is 52.3 Å². The summed E-state index contributed by atoms with van der Waals surface area (Å²) in [4.78, 5) is 10.1. The minimum absolute atomic E-state index is 0.153.